The molecule has 0 aliphatic carbocycles. The van der Waals surface area contributed by atoms with E-state index in [-0.39, 0.29) is 20.1 Å². The summed E-state index contributed by atoms with van der Waals surface area (Å²) in [5, 5.41) is 0. The Hall–Kier alpha value is -4.61. The van der Waals surface area contributed by atoms with E-state index in [2.05, 4.69) is 134 Å². The predicted molar refractivity (Wildman–Crippen MR) is 192 cm³/mol. The van der Waals surface area contributed by atoms with Crippen molar-refractivity contribution in [2.24, 2.45) is 11.8 Å². The second kappa shape index (κ2) is 17.9. The average Bonchev–Trinajstić information content (AvgIpc) is 3.09. The molecular weight excluding hydrogens is 749 g/mol. The molecule has 0 bridgehead atoms. The maximum absolute atomic E-state index is 4.63. The summed E-state index contributed by atoms with van der Waals surface area (Å²) in [7, 11) is 0. The zero-order chi connectivity index (χ0) is 32.1. The largest absolute Gasteiger partial charge is 0.304 e. The fourth-order valence-electron chi connectivity index (χ4n) is 5.15. The van der Waals surface area contributed by atoms with Crippen molar-refractivity contribution in [1.29, 1.82) is 0 Å². The molecule has 0 amide bonds. The van der Waals surface area contributed by atoms with Crippen molar-refractivity contribution in [3.63, 3.8) is 0 Å². The molecule has 0 saturated heterocycles. The van der Waals surface area contributed by atoms with Gasteiger partial charge in [0, 0.05) is 38.1 Å². The number of nitrogens with zero attached hydrogens (tertiary/aromatic N) is 2. The van der Waals surface area contributed by atoms with Crippen LogP contribution in [0.25, 0.3) is 33.6 Å². The first-order valence-electron chi connectivity index (χ1n) is 16.0. The Bertz CT molecular complexity index is 1870. The minimum absolute atomic E-state index is 0. The van der Waals surface area contributed by atoms with Crippen LogP contribution in [0.3, 0.4) is 0 Å². The van der Waals surface area contributed by atoms with Gasteiger partial charge in [0.1, 0.15) is 0 Å². The number of rotatable bonds is 7. The molecule has 2 heterocycles. The Kier molecular flexibility index (Phi) is 13.4. The van der Waals surface area contributed by atoms with E-state index in [0.29, 0.717) is 11.8 Å². The fourth-order valence-corrected chi connectivity index (χ4v) is 5.15. The van der Waals surface area contributed by atoms with Gasteiger partial charge in [0.25, 0.3) is 0 Å². The van der Waals surface area contributed by atoms with Crippen LogP contribution in [0, 0.1) is 35.8 Å². The summed E-state index contributed by atoms with van der Waals surface area (Å²) in [5.74, 6) is 7.89. The predicted octanol–water partition coefficient (Wildman–Crippen LogP) is 10.6. The van der Waals surface area contributed by atoms with Crippen molar-refractivity contribution in [1.82, 2.24) is 9.97 Å². The van der Waals surface area contributed by atoms with Crippen molar-refractivity contribution in [3.8, 4) is 45.5 Å². The Balaban J connectivity index is 0.000000249. The van der Waals surface area contributed by atoms with E-state index < -0.39 is 0 Å². The second-order valence-electron chi connectivity index (χ2n) is 12.3. The smallest absolute Gasteiger partial charge is 0.0254 e. The molecule has 0 saturated carbocycles. The van der Waals surface area contributed by atoms with Crippen LogP contribution in [0.2, 0.25) is 0 Å². The molecule has 2 nitrogen and oxygen atoms in total. The van der Waals surface area contributed by atoms with E-state index in [1.54, 1.807) is 0 Å². The molecule has 0 fully saturated rings. The third-order valence-corrected chi connectivity index (χ3v) is 7.32. The molecule has 0 spiro atoms. The summed E-state index contributed by atoms with van der Waals surface area (Å²) >= 11 is 0. The van der Waals surface area contributed by atoms with Gasteiger partial charge in [0.2, 0.25) is 0 Å². The van der Waals surface area contributed by atoms with Crippen molar-refractivity contribution in [2.75, 3.05) is 0 Å². The normalized spacial score (nSPS) is 10.3. The van der Waals surface area contributed by atoms with Gasteiger partial charge in [-0.3, -0.25) is 0 Å². The number of hydrogen-bond donors (Lipinski definition) is 0. The van der Waals surface area contributed by atoms with Crippen molar-refractivity contribution in [3.05, 3.63) is 168 Å². The van der Waals surface area contributed by atoms with E-state index in [4.69, 9.17) is 0 Å². The minimum Gasteiger partial charge on any atom is -0.304 e. The average molecular weight is 789 g/mol. The van der Waals surface area contributed by atoms with E-state index in [1.807, 2.05) is 60.9 Å². The number of hydrogen-bond acceptors (Lipinski definition) is 2. The molecule has 0 aliphatic heterocycles. The Morgan fingerprint density at radius 3 is 1.68 bits per heavy atom. The molecule has 0 atom stereocenters. The first-order chi connectivity index (χ1) is 22.4. The summed E-state index contributed by atoms with van der Waals surface area (Å²) in [6.45, 7) is 8.89. The SMILES string of the molecule is CC(C)Cc1ccc(-c2[c-]ccc(C#Cc3cccc(-c4ccccc4)c3)c2)nc1.CC(C)Cc1ccc(-c2[c-]cccc2)nc1.[Ir]. The third kappa shape index (κ3) is 11.0. The molecule has 237 valence electrons. The quantitative estimate of drug-likeness (QED) is 0.119. The van der Waals surface area contributed by atoms with Gasteiger partial charge < -0.3 is 9.97 Å². The van der Waals surface area contributed by atoms with Gasteiger partial charge in [-0.1, -0.05) is 112 Å². The Morgan fingerprint density at radius 2 is 1.11 bits per heavy atom. The standard InChI is InChI=1S/C29H24N.C15H16N.Ir/c1-22(2)18-25-16-17-29(30-21-25)28-13-7-9-24(20-28)15-14-23-8-6-12-27(19-23)26-10-4-3-5-11-26;1-12(2)10-13-8-9-15(16-11-13)14-6-4-3-5-7-14;/h3-12,16-17,19-22H,18H2,1-2H3;3-6,8-9,11-12H,10H2,1-2H3;/q2*-1;. The van der Waals surface area contributed by atoms with E-state index in [0.717, 1.165) is 46.5 Å². The molecule has 6 aromatic rings. The van der Waals surface area contributed by atoms with Gasteiger partial charge in [0.15, 0.2) is 0 Å². The van der Waals surface area contributed by atoms with Crippen LogP contribution in [0.1, 0.15) is 49.9 Å². The van der Waals surface area contributed by atoms with Gasteiger partial charge in [-0.05, 0) is 70.5 Å². The van der Waals surface area contributed by atoms with E-state index in [1.165, 1.54) is 22.3 Å². The molecular formula is C44H40IrN2-2. The number of aromatic nitrogens is 2. The summed E-state index contributed by atoms with van der Waals surface area (Å²) in [6, 6.07) is 47.5. The van der Waals surface area contributed by atoms with Gasteiger partial charge >= 0.3 is 0 Å². The summed E-state index contributed by atoms with van der Waals surface area (Å²) in [5.41, 5.74) is 10.8. The maximum atomic E-state index is 4.63. The van der Waals surface area contributed by atoms with Crippen LogP contribution in [0.4, 0.5) is 0 Å². The van der Waals surface area contributed by atoms with Crippen LogP contribution >= 0.6 is 0 Å². The topological polar surface area (TPSA) is 25.8 Å². The molecule has 6 rings (SSSR count). The molecule has 2 aromatic heterocycles. The molecule has 47 heavy (non-hydrogen) atoms. The first-order valence-corrected chi connectivity index (χ1v) is 16.0. The summed E-state index contributed by atoms with van der Waals surface area (Å²) < 4.78 is 0. The monoisotopic (exact) mass is 789 g/mol. The van der Waals surface area contributed by atoms with Crippen molar-refractivity contribution >= 4 is 0 Å². The summed E-state index contributed by atoms with van der Waals surface area (Å²) in [6.07, 6.45) is 6.07. The van der Waals surface area contributed by atoms with Crippen LogP contribution < -0.4 is 0 Å². The third-order valence-electron chi connectivity index (χ3n) is 7.32. The maximum Gasteiger partial charge on any atom is 0.0254 e. The first kappa shape index (κ1) is 35.2. The Labute approximate surface area is 294 Å². The van der Waals surface area contributed by atoms with E-state index >= 15 is 0 Å². The fraction of sp³-hybridized carbons (Fsp3) is 0.182. The van der Waals surface area contributed by atoms with Crippen LogP contribution in [-0.4, -0.2) is 9.97 Å². The van der Waals surface area contributed by atoms with Crippen molar-refractivity contribution in [2.45, 2.75) is 40.5 Å². The van der Waals surface area contributed by atoms with E-state index in [9.17, 15) is 0 Å². The zero-order valence-corrected chi connectivity index (χ0v) is 29.9. The van der Waals surface area contributed by atoms with Gasteiger partial charge in [-0.2, -0.15) is 0 Å². The number of pyridine rings is 2. The molecule has 4 aromatic carbocycles. The number of benzene rings is 4. The molecule has 0 aliphatic rings. The summed E-state index contributed by atoms with van der Waals surface area (Å²) in [4.78, 5) is 9.10. The second-order valence-corrected chi connectivity index (χ2v) is 12.3. The van der Waals surface area contributed by atoms with Crippen LogP contribution in [0.15, 0.2) is 134 Å². The Morgan fingerprint density at radius 1 is 0.532 bits per heavy atom. The molecule has 1 radical (unpaired) electrons. The van der Waals surface area contributed by atoms with Crippen LogP contribution in [-0.2, 0) is 32.9 Å². The minimum atomic E-state index is 0. The van der Waals surface area contributed by atoms with Gasteiger partial charge in [-0.25, -0.2) is 0 Å². The molecule has 0 N–H and O–H groups in total. The van der Waals surface area contributed by atoms with Gasteiger partial charge in [0.05, 0.1) is 0 Å². The zero-order valence-electron chi connectivity index (χ0n) is 27.5. The van der Waals surface area contributed by atoms with Crippen molar-refractivity contribution < 1.29 is 20.1 Å². The molecule has 0 unspecified atom stereocenters. The van der Waals surface area contributed by atoms with Crippen LogP contribution in [0.5, 0.6) is 0 Å². The molecule has 3 heteroatoms. The van der Waals surface area contributed by atoms with Gasteiger partial charge in [-0.15, -0.1) is 65.7 Å².